The van der Waals surface area contributed by atoms with Gasteiger partial charge in [-0.2, -0.15) is 13.5 Å². The molecule has 0 unspecified atom stereocenters. The van der Waals surface area contributed by atoms with Crippen LogP contribution in [0.5, 0.6) is 0 Å². The van der Waals surface area contributed by atoms with E-state index in [1.807, 2.05) is 0 Å². The Kier molecular flexibility index (Phi) is 4.84. The first kappa shape index (κ1) is 15.5. The van der Waals surface area contributed by atoms with Gasteiger partial charge in [0.15, 0.2) is 5.03 Å². The number of aromatic nitrogens is 2. The molecule has 1 heterocycles. The molecule has 0 fully saturated rings. The Morgan fingerprint density at radius 2 is 2.10 bits per heavy atom. The number of benzene rings is 1. The van der Waals surface area contributed by atoms with E-state index < -0.39 is 10.0 Å². The molecule has 0 bridgehead atoms. The molecular weight excluding hydrogens is 412 g/mol. The molecule has 0 amide bonds. The normalized spacial score (nSPS) is 11.6. The predicted octanol–water partition coefficient (Wildman–Crippen LogP) is 2.45. The molecule has 2 rings (SSSR count). The number of sulfonamides is 1. The molecule has 0 saturated carbocycles. The highest BCUT2D eigenvalue weighted by molar-refractivity contribution is 9.11. The molecule has 9 heteroatoms. The highest BCUT2D eigenvalue weighted by Crippen LogP contribution is 2.28. The lowest BCUT2D eigenvalue weighted by Gasteiger charge is -2.10. The SMILES string of the molecule is CNCc1cn[nH]c1S(=O)(=O)Nc1ccc(Br)cc1Br. The minimum absolute atomic E-state index is 0.0571. The number of nitrogens with one attached hydrogen (secondary N) is 3. The van der Waals surface area contributed by atoms with Crippen LogP contribution in [0.1, 0.15) is 5.56 Å². The van der Waals surface area contributed by atoms with Gasteiger partial charge in [0, 0.05) is 21.1 Å². The standard InChI is InChI=1S/C11H12Br2N4O2S/c1-14-5-7-6-15-16-11(7)20(18,19)17-10-3-2-8(12)4-9(10)13/h2-4,6,14,17H,5H2,1H3,(H,15,16). The molecule has 3 N–H and O–H groups in total. The molecule has 0 radical (unpaired) electrons. The maximum Gasteiger partial charge on any atom is 0.279 e. The topological polar surface area (TPSA) is 86.9 Å². The zero-order valence-corrected chi connectivity index (χ0v) is 14.4. The molecule has 6 nitrogen and oxygen atoms in total. The van der Waals surface area contributed by atoms with E-state index in [-0.39, 0.29) is 5.03 Å². The largest absolute Gasteiger partial charge is 0.316 e. The zero-order valence-electron chi connectivity index (χ0n) is 10.4. The van der Waals surface area contributed by atoms with Crippen LogP contribution in [0.15, 0.2) is 38.4 Å². The van der Waals surface area contributed by atoms with Gasteiger partial charge in [-0.25, -0.2) is 0 Å². The molecule has 0 aliphatic carbocycles. The summed E-state index contributed by atoms with van der Waals surface area (Å²) in [5.41, 5.74) is 1.03. The molecule has 0 aliphatic rings. The molecule has 1 aromatic carbocycles. The molecule has 20 heavy (non-hydrogen) atoms. The Morgan fingerprint density at radius 1 is 1.35 bits per heavy atom. The first-order valence-electron chi connectivity index (χ1n) is 5.59. The lowest BCUT2D eigenvalue weighted by molar-refractivity contribution is 0.595. The minimum Gasteiger partial charge on any atom is -0.316 e. The summed E-state index contributed by atoms with van der Waals surface area (Å²) < 4.78 is 28.7. The number of rotatable bonds is 5. The highest BCUT2D eigenvalue weighted by atomic mass is 79.9. The van der Waals surface area contributed by atoms with E-state index in [4.69, 9.17) is 0 Å². The number of nitrogens with zero attached hydrogens (tertiary/aromatic N) is 1. The minimum atomic E-state index is -3.71. The van der Waals surface area contributed by atoms with Gasteiger partial charge in [-0.3, -0.25) is 9.82 Å². The van der Waals surface area contributed by atoms with E-state index in [0.29, 0.717) is 22.3 Å². The third-order valence-electron chi connectivity index (χ3n) is 2.49. The fourth-order valence-electron chi connectivity index (χ4n) is 1.62. The predicted molar refractivity (Wildman–Crippen MR) is 84.0 cm³/mol. The second-order valence-corrected chi connectivity index (χ2v) is 7.37. The summed E-state index contributed by atoms with van der Waals surface area (Å²) in [5, 5.41) is 9.25. The van der Waals surface area contributed by atoms with Crippen molar-refractivity contribution >= 4 is 47.6 Å². The van der Waals surface area contributed by atoms with E-state index in [2.05, 4.69) is 52.1 Å². The Labute approximate surface area is 133 Å². The maximum atomic E-state index is 12.4. The molecule has 1 aromatic heterocycles. The summed E-state index contributed by atoms with van der Waals surface area (Å²) in [4.78, 5) is 0. The molecule has 2 aromatic rings. The fourth-order valence-corrected chi connectivity index (χ4v) is 4.11. The quantitative estimate of drug-likeness (QED) is 0.689. The number of H-pyrrole nitrogens is 1. The van der Waals surface area contributed by atoms with E-state index in [9.17, 15) is 8.42 Å². The molecule has 0 aliphatic heterocycles. The maximum absolute atomic E-state index is 12.4. The van der Waals surface area contributed by atoms with Crippen molar-refractivity contribution in [1.82, 2.24) is 15.5 Å². The second-order valence-electron chi connectivity index (χ2n) is 3.98. The smallest absolute Gasteiger partial charge is 0.279 e. The summed E-state index contributed by atoms with van der Waals surface area (Å²) >= 11 is 6.63. The second kappa shape index (κ2) is 6.25. The van der Waals surface area contributed by atoms with Crippen LogP contribution in [0.25, 0.3) is 0 Å². The lowest BCUT2D eigenvalue weighted by atomic mass is 10.3. The average Bonchev–Trinajstić information content (AvgIpc) is 2.82. The van der Waals surface area contributed by atoms with Crippen LogP contribution < -0.4 is 10.0 Å². The van der Waals surface area contributed by atoms with Gasteiger partial charge < -0.3 is 5.32 Å². The van der Waals surface area contributed by atoms with Crippen LogP contribution in [0.2, 0.25) is 0 Å². The van der Waals surface area contributed by atoms with Crippen molar-refractivity contribution in [2.24, 2.45) is 0 Å². The zero-order chi connectivity index (χ0) is 14.8. The van der Waals surface area contributed by atoms with Gasteiger partial charge in [-0.15, -0.1) is 0 Å². The van der Waals surface area contributed by atoms with E-state index in [1.165, 1.54) is 6.20 Å². The van der Waals surface area contributed by atoms with Crippen LogP contribution in [0.3, 0.4) is 0 Å². The Hall–Kier alpha value is -0.900. The fraction of sp³-hybridized carbons (Fsp3) is 0.182. The Bertz CT molecular complexity index is 715. The highest BCUT2D eigenvalue weighted by Gasteiger charge is 2.21. The van der Waals surface area contributed by atoms with Gasteiger partial charge in [0.25, 0.3) is 10.0 Å². The Morgan fingerprint density at radius 3 is 2.75 bits per heavy atom. The van der Waals surface area contributed by atoms with Gasteiger partial charge in [0.2, 0.25) is 0 Å². The van der Waals surface area contributed by atoms with Crippen molar-refractivity contribution in [1.29, 1.82) is 0 Å². The van der Waals surface area contributed by atoms with Crippen LogP contribution in [0, 0.1) is 0 Å². The van der Waals surface area contributed by atoms with E-state index in [0.717, 1.165) is 4.47 Å². The van der Waals surface area contributed by atoms with E-state index >= 15 is 0 Å². The summed E-state index contributed by atoms with van der Waals surface area (Å²) in [6.45, 7) is 0.411. The van der Waals surface area contributed by atoms with Crippen LogP contribution in [0.4, 0.5) is 5.69 Å². The summed E-state index contributed by atoms with van der Waals surface area (Å²) in [6, 6.07) is 5.18. The van der Waals surface area contributed by atoms with Gasteiger partial charge in [-0.1, -0.05) is 15.9 Å². The summed E-state index contributed by atoms with van der Waals surface area (Å²) in [6.07, 6.45) is 1.49. The van der Waals surface area contributed by atoms with Crippen molar-refractivity contribution in [2.75, 3.05) is 11.8 Å². The molecule has 0 spiro atoms. The van der Waals surface area contributed by atoms with Crippen LogP contribution in [-0.4, -0.2) is 25.7 Å². The average molecular weight is 424 g/mol. The first-order chi connectivity index (χ1) is 9.44. The monoisotopic (exact) mass is 422 g/mol. The van der Waals surface area contributed by atoms with E-state index in [1.54, 1.807) is 25.2 Å². The van der Waals surface area contributed by atoms with Crippen molar-refractivity contribution < 1.29 is 8.42 Å². The summed E-state index contributed by atoms with van der Waals surface area (Å²) in [5.74, 6) is 0. The number of halogens is 2. The molecule has 108 valence electrons. The van der Waals surface area contributed by atoms with Crippen molar-refractivity contribution in [3.8, 4) is 0 Å². The van der Waals surface area contributed by atoms with Crippen molar-refractivity contribution in [3.63, 3.8) is 0 Å². The third kappa shape index (κ3) is 3.40. The Balaban J connectivity index is 2.33. The van der Waals surface area contributed by atoms with Gasteiger partial charge in [0.1, 0.15) is 0 Å². The number of aromatic amines is 1. The van der Waals surface area contributed by atoms with Gasteiger partial charge in [-0.05, 0) is 41.2 Å². The molecular formula is C11H12Br2N4O2S. The first-order valence-corrected chi connectivity index (χ1v) is 8.65. The van der Waals surface area contributed by atoms with Crippen LogP contribution >= 0.6 is 31.9 Å². The van der Waals surface area contributed by atoms with Crippen molar-refractivity contribution in [2.45, 2.75) is 11.6 Å². The number of anilines is 1. The third-order valence-corrected chi connectivity index (χ3v) is 5.02. The summed E-state index contributed by atoms with van der Waals surface area (Å²) in [7, 11) is -1.97. The molecule has 0 saturated heterocycles. The van der Waals surface area contributed by atoms with Gasteiger partial charge in [0.05, 0.1) is 11.9 Å². The number of hydrogen-bond acceptors (Lipinski definition) is 4. The van der Waals surface area contributed by atoms with Crippen molar-refractivity contribution in [3.05, 3.63) is 38.9 Å². The van der Waals surface area contributed by atoms with Crippen LogP contribution in [-0.2, 0) is 16.6 Å². The molecule has 0 atom stereocenters. The van der Waals surface area contributed by atoms with Gasteiger partial charge >= 0.3 is 0 Å². The lowest BCUT2D eigenvalue weighted by Crippen LogP contribution is -2.17. The number of hydrogen-bond donors (Lipinski definition) is 3.